The van der Waals surface area contributed by atoms with Crippen LogP contribution in [0.2, 0.25) is 0 Å². The highest BCUT2D eigenvalue weighted by Crippen LogP contribution is 2.24. The topological polar surface area (TPSA) is 0 Å². The van der Waals surface area contributed by atoms with Crippen LogP contribution >= 0.6 is 0 Å². The summed E-state index contributed by atoms with van der Waals surface area (Å²) in [6.45, 7) is 0. The summed E-state index contributed by atoms with van der Waals surface area (Å²) in [7, 11) is 0. The second kappa shape index (κ2) is 8.02. The molecule has 0 saturated heterocycles. The third-order valence-corrected chi connectivity index (χ3v) is 4.29. The summed E-state index contributed by atoms with van der Waals surface area (Å²) in [5.74, 6) is -0.645. The van der Waals surface area contributed by atoms with E-state index in [2.05, 4.69) is 0 Å². The number of halogens is 3. The Morgan fingerprint density at radius 2 is 1.36 bits per heavy atom. The van der Waals surface area contributed by atoms with Gasteiger partial charge in [-0.25, -0.2) is 13.2 Å². The average Bonchev–Trinajstić information content (AvgIpc) is 2.64. The van der Waals surface area contributed by atoms with Gasteiger partial charge in [0.1, 0.15) is 17.8 Å². The minimum Gasteiger partial charge on any atom is -0.242 e. The van der Waals surface area contributed by atoms with Crippen molar-refractivity contribution in [3.05, 3.63) is 107 Å². The van der Waals surface area contributed by atoms with Crippen LogP contribution in [0.1, 0.15) is 28.4 Å². The van der Waals surface area contributed by atoms with Crippen molar-refractivity contribution >= 4 is 0 Å². The highest BCUT2D eigenvalue weighted by atomic mass is 19.1. The molecule has 0 unspecified atom stereocenters. The minimum atomic E-state index is -1.22. The predicted octanol–water partition coefficient (Wildman–Crippen LogP) is 6.00. The van der Waals surface area contributed by atoms with Crippen molar-refractivity contribution in [2.75, 3.05) is 0 Å². The lowest BCUT2D eigenvalue weighted by atomic mass is 9.99. The van der Waals surface area contributed by atoms with Gasteiger partial charge in [0.15, 0.2) is 0 Å². The van der Waals surface area contributed by atoms with Gasteiger partial charge in [-0.15, -0.1) is 0 Å². The van der Waals surface area contributed by atoms with E-state index in [0.717, 1.165) is 11.1 Å². The SMILES string of the molecule is Fc1ccc(CCc2ccc(C[C@H](F)c3ccccc3)c(F)c2)cc1. The van der Waals surface area contributed by atoms with Crippen LogP contribution in [-0.4, -0.2) is 0 Å². The zero-order valence-corrected chi connectivity index (χ0v) is 13.8. The Morgan fingerprint density at radius 1 is 0.720 bits per heavy atom. The zero-order valence-electron chi connectivity index (χ0n) is 13.8. The van der Waals surface area contributed by atoms with Crippen LogP contribution in [-0.2, 0) is 19.3 Å². The Balaban J connectivity index is 1.63. The van der Waals surface area contributed by atoms with Crippen molar-refractivity contribution < 1.29 is 13.2 Å². The molecule has 3 aromatic carbocycles. The molecule has 0 nitrogen and oxygen atoms in total. The van der Waals surface area contributed by atoms with Gasteiger partial charge < -0.3 is 0 Å². The molecule has 3 heteroatoms. The van der Waals surface area contributed by atoms with Crippen LogP contribution in [0.4, 0.5) is 13.2 Å². The van der Waals surface area contributed by atoms with Gasteiger partial charge in [0.2, 0.25) is 0 Å². The number of aryl methyl sites for hydroxylation is 2. The molecule has 0 fully saturated rings. The lowest BCUT2D eigenvalue weighted by molar-refractivity contribution is 0.338. The Morgan fingerprint density at radius 3 is 2.04 bits per heavy atom. The number of alkyl halides is 1. The fourth-order valence-corrected chi connectivity index (χ4v) is 2.82. The van der Waals surface area contributed by atoms with Gasteiger partial charge in [0.05, 0.1) is 0 Å². The van der Waals surface area contributed by atoms with E-state index < -0.39 is 6.17 Å². The van der Waals surface area contributed by atoms with Gasteiger partial charge in [-0.1, -0.05) is 54.6 Å². The molecular formula is C22H19F3. The first-order valence-corrected chi connectivity index (χ1v) is 8.32. The van der Waals surface area contributed by atoms with Crippen LogP contribution < -0.4 is 0 Å². The molecule has 0 amide bonds. The highest BCUT2D eigenvalue weighted by Gasteiger charge is 2.13. The molecule has 0 heterocycles. The predicted molar refractivity (Wildman–Crippen MR) is 94.2 cm³/mol. The van der Waals surface area contributed by atoms with Crippen molar-refractivity contribution in [3.63, 3.8) is 0 Å². The maximum absolute atomic E-state index is 14.3. The molecule has 0 bridgehead atoms. The summed E-state index contributed by atoms with van der Waals surface area (Å²) in [6, 6.07) is 20.1. The number of benzene rings is 3. The molecule has 25 heavy (non-hydrogen) atoms. The van der Waals surface area contributed by atoms with Gasteiger partial charge in [-0.05, 0) is 53.3 Å². The molecule has 0 aromatic heterocycles. The van der Waals surface area contributed by atoms with Crippen molar-refractivity contribution in [3.8, 4) is 0 Å². The molecule has 0 N–H and O–H groups in total. The number of hydrogen-bond acceptors (Lipinski definition) is 0. The summed E-state index contributed by atoms with van der Waals surface area (Å²) < 4.78 is 41.5. The van der Waals surface area contributed by atoms with E-state index in [1.165, 1.54) is 18.2 Å². The number of rotatable bonds is 6. The van der Waals surface area contributed by atoms with Gasteiger partial charge in [0.25, 0.3) is 0 Å². The van der Waals surface area contributed by atoms with E-state index in [4.69, 9.17) is 0 Å². The molecule has 0 aliphatic heterocycles. The first-order valence-electron chi connectivity index (χ1n) is 8.32. The molecule has 0 spiro atoms. The maximum Gasteiger partial charge on any atom is 0.129 e. The summed E-state index contributed by atoms with van der Waals surface area (Å²) in [5, 5.41) is 0. The Hall–Kier alpha value is -2.55. The smallest absolute Gasteiger partial charge is 0.129 e. The molecule has 0 aliphatic rings. The van der Waals surface area contributed by atoms with Crippen LogP contribution in [0.3, 0.4) is 0 Å². The molecule has 0 saturated carbocycles. The fraction of sp³-hybridized carbons (Fsp3) is 0.182. The second-order valence-corrected chi connectivity index (χ2v) is 6.13. The van der Waals surface area contributed by atoms with E-state index in [1.807, 2.05) is 12.1 Å². The van der Waals surface area contributed by atoms with Crippen LogP contribution in [0, 0.1) is 11.6 Å². The normalized spacial score (nSPS) is 12.1. The Kier molecular flexibility index (Phi) is 5.54. The number of hydrogen-bond donors (Lipinski definition) is 0. The van der Waals surface area contributed by atoms with Crippen LogP contribution in [0.5, 0.6) is 0 Å². The lowest BCUT2D eigenvalue weighted by Gasteiger charge is -2.11. The monoisotopic (exact) mass is 340 g/mol. The molecule has 3 rings (SSSR count). The van der Waals surface area contributed by atoms with E-state index >= 15 is 0 Å². The molecule has 0 aliphatic carbocycles. The molecule has 0 radical (unpaired) electrons. The van der Waals surface area contributed by atoms with Crippen molar-refractivity contribution in [1.82, 2.24) is 0 Å². The summed E-state index contributed by atoms with van der Waals surface area (Å²) in [4.78, 5) is 0. The van der Waals surface area contributed by atoms with Gasteiger partial charge in [0, 0.05) is 6.42 Å². The standard InChI is InChI=1S/C22H19F3/c23-20-12-9-16(10-13-20)6-7-17-8-11-19(21(24)14-17)15-22(25)18-4-2-1-3-5-18/h1-5,8-14,22H,6-7,15H2/t22-/m0/s1. The molecular weight excluding hydrogens is 321 g/mol. The largest absolute Gasteiger partial charge is 0.242 e. The first kappa shape index (κ1) is 17.3. The molecule has 3 aromatic rings. The van der Waals surface area contributed by atoms with Crippen LogP contribution in [0.25, 0.3) is 0 Å². The summed E-state index contributed by atoms with van der Waals surface area (Å²) in [6.07, 6.45) is 0.157. The zero-order chi connectivity index (χ0) is 17.6. The third-order valence-electron chi connectivity index (χ3n) is 4.29. The van der Waals surface area contributed by atoms with Crippen molar-refractivity contribution in [2.45, 2.75) is 25.4 Å². The Bertz CT molecular complexity index is 810. The fourth-order valence-electron chi connectivity index (χ4n) is 2.82. The van der Waals surface area contributed by atoms with Crippen molar-refractivity contribution in [2.24, 2.45) is 0 Å². The van der Waals surface area contributed by atoms with E-state index in [9.17, 15) is 13.2 Å². The van der Waals surface area contributed by atoms with Crippen molar-refractivity contribution in [1.29, 1.82) is 0 Å². The first-order chi connectivity index (χ1) is 12.1. The molecule has 1 atom stereocenters. The second-order valence-electron chi connectivity index (χ2n) is 6.13. The maximum atomic E-state index is 14.3. The third kappa shape index (κ3) is 4.72. The quantitative estimate of drug-likeness (QED) is 0.516. The summed E-state index contributed by atoms with van der Waals surface area (Å²) in [5.41, 5.74) is 2.78. The average molecular weight is 340 g/mol. The van der Waals surface area contributed by atoms with Gasteiger partial charge in [-0.2, -0.15) is 0 Å². The van der Waals surface area contributed by atoms with Crippen LogP contribution in [0.15, 0.2) is 72.8 Å². The van der Waals surface area contributed by atoms with E-state index in [0.29, 0.717) is 24.0 Å². The van der Waals surface area contributed by atoms with Gasteiger partial charge >= 0.3 is 0 Å². The molecule has 128 valence electrons. The van der Waals surface area contributed by atoms with E-state index in [-0.39, 0.29) is 18.1 Å². The van der Waals surface area contributed by atoms with Gasteiger partial charge in [-0.3, -0.25) is 0 Å². The lowest BCUT2D eigenvalue weighted by Crippen LogP contribution is -2.01. The summed E-state index contributed by atoms with van der Waals surface area (Å²) >= 11 is 0. The van der Waals surface area contributed by atoms with E-state index in [1.54, 1.807) is 42.5 Å². The Labute approximate surface area is 146 Å². The highest BCUT2D eigenvalue weighted by molar-refractivity contribution is 5.28. The minimum absolute atomic E-state index is 0.0219.